The maximum atomic E-state index is 2.39. The molecule has 2 aromatic rings. The Morgan fingerprint density at radius 3 is 2.43 bits per heavy atom. The van der Waals surface area contributed by atoms with E-state index in [9.17, 15) is 0 Å². The summed E-state index contributed by atoms with van der Waals surface area (Å²) < 4.78 is 0. The van der Waals surface area contributed by atoms with E-state index in [0.717, 1.165) is 12.3 Å². The second-order valence-corrected chi connectivity index (χ2v) is 7.58. The van der Waals surface area contributed by atoms with E-state index in [-0.39, 0.29) is 0 Å². The van der Waals surface area contributed by atoms with E-state index in [1.165, 1.54) is 29.5 Å². The quantitative estimate of drug-likeness (QED) is 0.562. The highest BCUT2D eigenvalue weighted by atomic mass is 14.3. The highest BCUT2D eigenvalue weighted by Gasteiger charge is 2.23. The molecule has 0 aliphatic heterocycles. The minimum absolute atomic E-state index is 0.404. The van der Waals surface area contributed by atoms with Crippen molar-refractivity contribution in [1.82, 2.24) is 0 Å². The van der Waals surface area contributed by atoms with Crippen LogP contribution in [0.1, 0.15) is 50.8 Å². The van der Waals surface area contributed by atoms with Crippen LogP contribution in [0.5, 0.6) is 0 Å². The smallest absolute Gasteiger partial charge is 0.00107 e. The SMILES string of the molecule is CC(CCc1cccc2c1Cc1ccccc1-2)C(C)(C)C. The third-order valence-corrected chi connectivity index (χ3v) is 5.27. The number of benzene rings is 2. The molecule has 21 heavy (non-hydrogen) atoms. The Balaban J connectivity index is 1.84. The average molecular weight is 278 g/mol. The Labute approximate surface area is 129 Å². The predicted molar refractivity (Wildman–Crippen MR) is 91.6 cm³/mol. The molecule has 0 saturated carbocycles. The Hall–Kier alpha value is -1.56. The zero-order chi connectivity index (χ0) is 15.0. The van der Waals surface area contributed by atoms with Crippen LogP contribution in [0.25, 0.3) is 11.1 Å². The Morgan fingerprint density at radius 1 is 0.952 bits per heavy atom. The molecule has 0 bridgehead atoms. The molecular formula is C21H26. The fraction of sp³-hybridized carbons (Fsp3) is 0.429. The molecule has 0 fully saturated rings. The molecule has 0 nitrogen and oxygen atoms in total. The monoisotopic (exact) mass is 278 g/mol. The zero-order valence-corrected chi connectivity index (χ0v) is 13.7. The summed E-state index contributed by atoms with van der Waals surface area (Å²) in [7, 11) is 0. The van der Waals surface area contributed by atoms with Crippen LogP contribution in [0.3, 0.4) is 0 Å². The summed E-state index contributed by atoms with van der Waals surface area (Å²) >= 11 is 0. The summed E-state index contributed by atoms with van der Waals surface area (Å²) in [5, 5.41) is 0. The Kier molecular flexibility index (Phi) is 3.65. The van der Waals surface area contributed by atoms with Crippen LogP contribution in [-0.4, -0.2) is 0 Å². The molecule has 1 aliphatic carbocycles. The van der Waals surface area contributed by atoms with Gasteiger partial charge in [-0.25, -0.2) is 0 Å². The molecule has 0 spiro atoms. The van der Waals surface area contributed by atoms with E-state index in [4.69, 9.17) is 0 Å². The lowest BCUT2D eigenvalue weighted by Crippen LogP contribution is -2.18. The van der Waals surface area contributed by atoms with Gasteiger partial charge in [0.1, 0.15) is 0 Å². The highest BCUT2D eigenvalue weighted by Crippen LogP contribution is 2.39. The first-order valence-electron chi connectivity index (χ1n) is 8.16. The van der Waals surface area contributed by atoms with Crippen LogP contribution in [0, 0.1) is 11.3 Å². The van der Waals surface area contributed by atoms with Crippen molar-refractivity contribution in [1.29, 1.82) is 0 Å². The van der Waals surface area contributed by atoms with E-state index >= 15 is 0 Å². The van der Waals surface area contributed by atoms with Crippen LogP contribution in [0.4, 0.5) is 0 Å². The van der Waals surface area contributed by atoms with Gasteiger partial charge in [-0.2, -0.15) is 0 Å². The molecule has 1 unspecified atom stereocenters. The lowest BCUT2D eigenvalue weighted by Gasteiger charge is -2.27. The van der Waals surface area contributed by atoms with Crippen molar-refractivity contribution in [2.75, 3.05) is 0 Å². The summed E-state index contributed by atoms with van der Waals surface area (Å²) in [6.07, 6.45) is 3.59. The van der Waals surface area contributed by atoms with Gasteiger partial charge in [0.05, 0.1) is 0 Å². The molecule has 0 heteroatoms. The second-order valence-electron chi connectivity index (χ2n) is 7.58. The number of fused-ring (bicyclic) bond motifs is 3. The molecule has 0 heterocycles. The van der Waals surface area contributed by atoms with Gasteiger partial charge in [0.25, 0.3) is 0 Å². The van der Waals surface area contributed by atoms with Gasteiger partial charge >= 0.3 is 0 Å². The number of aryl methyl sites for hydroxylation is 1. The van der Waals surface area contributed by atoms with Gasteiger partial charge in [-0.1, -0.05) is 70.2 Å². The molecule has 0 saturated heterocycles. The van der Waals surface area contributed by atoms with Crippen LogP contribution in [0.15, 0.2) is 42.5 Å². The van der Waals surface area contributed by atoms with Gasteiger partial charge < -0.3 is 0 Å². The van der Waals surface area contributed by atoms with Crippen molar-refractivity contribution >= 4 is 0 Å². The largest absolute Gasteiger partial charge is 0.0620 e. The van der Waals surface area contributed by atoms with Crippen molar-refractivity contribution in [3.63, 3.8) is 0 Å². The van der Waals surface area contributed by atoms with Crippen LogP contribution in [-0.2, 0) is 12.8 Å². The molecule has 0 aromatic heterocycles. The molecule has 3 rings (SSSR count). The molecule has 1 atom stereocenters. The minimum atomic E-state index is 0.404. The number of hydrogen-bond acceptors (Lipinski definition) is 0. The molecule has 0 amide bonds. The zero-order valence-electron chi connectivity index (χ0n) is 13.7. The first-order valence-corrected chi connectivity index (χ1v) is 8.16. The maximum absolute atomic E-state index is 2.39. The average Bonchev–Trinajstić information content (AvgIpc) is 2.83. The van der Waals surface area contributed by atoms with Crippen LogP contribution >= 0.6 is 0 Å². The molecule has 2 aromatic carbocycles. The minimum Gasteiger partial charge on any atom is -0.0620 e. The fourth-order valence-electron chi connectivity index (χ4n) is 3.26. The van der Waals surface area contributed by atoms with Gasteiger partial charge in [0.15, 0.2) is 0 Å². The van der Waals surface area contributed by atoms with Crippen molar-refractivity contribution in [2.45, 2.75) is 47.0 Å². The lowest BCUT2D eigenvalue weighted by molar-refractivity contribution is 0.247. The maximum Gasteiger partial charge on any atom is -0.00107 e. The first kappa shape index (κ1) is 14.4. The van der Waals surface area contributed by atoms with Crippen LogP contribution in [0.2, 0.25) is 0 Å². The second kappa shape index (κ2) is 5.33. The summed E-state index contributed by atoms with van der Waals surface area (Å²) in [5.74, 6) is 0.747. The highest BCUT2D eigenvalue weighted by molar-refractivity contribution is 5.77. The summed E-state index contributed by atoms with van der Waals surface area (Å²) in [6, 6.07) is 15.7. The Morgan fingerprint density at radius 2 is 1.67 bits per heavy atom. The van der Waals surface area contributed by atoms with E-state index in [1.807, 2.05) is 0 Å². The molecular weight excluding hydrogens is 252 g/mol. The van der Waals surface area contributed by atoms with Gasteiger partial charge in [-0.05, 0) is 58.4 Å². The van der Waals surface area contributed by atoms with Gasteiger partial charge in [0.2, 0.25) is 0 Å². The van der Waals surface area contributed by atoms with Gasteiger partial charge in [-0.15, -0.1) is 0 Å². The van der Waals surface area contributed by atoms with E-state index in [1.54, 1.807) is 11.1 Å². The van der Waals surface area contributed by atoms with Crippen LogP contribution < -0.4 is 0 Å². The predicted octanol–water partition coefficient (Wildman–Crippen LogP) is 5.87. The summed E-state index contributed by atoms with van der Waals surface area (Å²) in [6.45, 7) is 9.44. The Bertz CT molecular complexity index is 643. The van der Waals surface area contributed by atoms with E-state index < -0.39 is 0 Å². The molecule has 0 radical (unpaired) electrons. The van der Waals surface area contributed by atoms with E-state index in [2.05, 4.69) is 70.2 Å². The fourth-order valence-corrected chi connectivity index (χ4v) is 3.26. The topological polar surface area (TPSA) is 0 Å². The molecule has 1 aliphatic rings. The molecule has 0 N–H and O–H groups in total. The standard InChI is InChI=1S/C21H26/c1-15(21(2,3)4)12-13-16-9-7-11-19-18-10-6-5-8-17(18)14-20(16)19/h5-11,15H,12-14H2,1-4H3. The summed E-state index contributed by atoms with van der Waals surface area (Å²) in [4.78, 5) is 0. The third kappa shape index (κ3) is 2.77. The third-order valence-electron chi connectivity index (χ3n) is 5.27. The lowest BCUT2D eigenvalue weighted by atomic mass is 9.78. The normalized spacial score (nSPS) is 14.7. The van der Waals surface area contributed by atoms with Gasteiger partial charge in [0, 0.05) is 0 Å². The van der Waals surface area contributed by atoms with E-state index in [0.29, 0.717) is 5.41 Å². The van der Waals surface area contributed by atoms with Crippen molar-refractivity contribution in [3.05, 3.63) is 59.2 Å². The van der Waals surface area contributed by atoms with Crippen molar-refractivity contribution in [3.8, 4) is 11.1 Å². The number of hydrogen-bond donors (Lipinski definition) is 0. The molecule has 110 valence electrons. The first-order chi connectivity index (χ1) is 9.97. The number of rotatable bonds is 3. The summed E-state index contributed by atoms with van der Waals surface area (Å²) in [5.41, 5.74) is 7.93. The van der Waals surface area contributed by atoms with Crippen molar-refractivity contribution in [2.24, 2.45) is 11.3 Å². The van der Waals surface area contributed by atoms with Crippen molar-refractivity contribution < 1.29 is 0 Å². The van der Waals surface area contributed by atoms with Gasteiger partial charge in [-0.3, -0.25) is 0 Å².